The molecule has 0 spiro atoms. The van der Waals surface area contributed by atoms with E-state index in [1.165, 1.54) is 63.4 Å². The second kappa shape index (κ2) is 11.4. The van der Waals surface area contributed by atoms with Crippen LogP contribution in [0, 0.1) is 0 Å². The van der Waals surface area contributed by atoms with E-state index >= 15 is 0 Å². The van der Waals surface area contributed by atoms with E-state index in [0.717, 1.165) is 6.42 Å². The standard InChI is InChI=1S/C28H42/c1-6-9-17-24-20-21-27(26(19-11-8-3)25(24)18-10-7-2)28(4,5)22-23-15-13-12-14-16-23/h12-16,20-21H,6-11,17-19,22H2,1-5H3. The molecule has 154 valence electrons. The number of aryl methyl sites for hydroxylation is 1. The molecule has 0 atom stereocenters. The highest BCUT2D eigenvalue weighted by Gasteiger charge is 2.26. The Morgan fingerprint density at radius 2 is 1.21 bits per heavy atom. The van der Waals surface area contributed by atoms with Crippen LogP contribution in [0.5, 0.6) is 0 Å². The monoisotopic (exact) mass is 378 g/mol. The zero-order valence-corrected chi connectivity index (χ0v) is 19.1. The maximum Gasteiger partial charge on any atom is -0.00604 e. The van der Waals surface area contributed by atoms with E-state index in [0.29, 0.717) is 0 Å². The Kier molecular flexibility index (Phi) is 9.29. The highest BCUT2D eigenvalue weighted by molar-refractivity contribution is 5.45. The summed E-state index contributed by atoms with van der Waals surface area (Å²) in [5, 5.41) is 0. The fraction of sp³-hybridized carbons (Fsp3) is 0.571. The first-order chi connectivity index (χ1) is 13.5. The lowest BCUT2D eigenvalue weighted by Crippen LogP contribution is -2.24. The summed E-state index contributed by atoms with van der Waals surface area (Å²) >= 11 is 0. The smallest absolute Gasteiger partial charge is 0.00604 e. The van der Waals surface area contributed by atoms with Gasteiger partial charge in [0.05, 0.1) is 0 Å². The molecular formula is C28H42. The molecule has 0 aliphatic rings. The molecule has 0 radical (unpaired) electrons. The van der Waals surface area contributed by atoms with Gasteiger partial charge >= 0.3 is 0 Å². The maximum absolute atomic E-state index is 2.48. The van der Waals surface area contributed by atoms with Crippen LogP contribution in [0.15, 0.2) is 42.5 Å². The molecule has 0 N–H and O–H groups in total. The molecule has 0 saturated carbocycles. The van der Waals surface area contributed by atoms with Gasteiger partial charge in [-0.1, -0.05) is 96.3 Å². The second-order valence-corrected chi connectivity index (χ2v) is 9.09. The lowest BCUT2D eigenvalue weighted by molar-refractivity contribution is 0.513. The molecule has 2 rings (SSSR count). The molecule has 0 amide bonds. The first-order valence-electron chi connectivity index (χ1n) is 11.7. The fourth-order valence-corrected chi connectivity index (χ4v) is 4.48. The Bertz CT molecular complexity index is 693. The summed E-state index contributed by atoms with van der Waals surface area (Å²) in [5.74, 6) is 0. The fourth-order valence-electron chi connectivity index (χ4n) is 4.48. The van der Waals surface area contributed by atoms with Gasteiger partial charge in [0, 0.05) is 0 Å². The van der Waals surface area contributed by atoms with Crippen molar-refractivity contribution in [3.8, 4) is 0 Å². The predicted molar refractivity (Wildman–Crippen MR) is 125 cm³/mol. The minimum absolute atomic E-state index is 0.161. The summed E-state index contributed by atoms with van der Waals surface area (Å²) in [6, 6.07) is 16.0. The van der Waals surface area contributed by atoms with E-state index in [-0.39, 0.29) is 5.41 Å². The average Bonchev–Trinajstić information content (AvgIpc) is 2.69. The van der Waals surface area contributed by atoms with Gasteiger partial charge in [-0.05, 0) is 78.2 Å². The molecular weight excluding hydrogens is 336 g/mol. The molecule has 0 bridgehead atoms. The van der Waals surface area contributed by atoms with Gasteiger partial charge < -0.3 is 0 Å². The van der Waals surface area contributed by atoms with Crippen molar-refractivity contribution in [1.82, 2.24) is 0 Å². The summed E-state index contributed by atoms with van der Waals surface area (Å²) in [6.45, 7) is 11.8. The molecule has 0 unspecified atom stereocenters. The Morgan fingerprint density at radius 3 is 1.82 bits per heavy atom. The van der Waals surface area contributed by atoms with Gasteiger partial charge in [-0.25, -0.2) is 0 Å². The van der Waals surface area contributed by atoms with E-state index in [4.69, 9.17) is 0 Å². The van der Waals surface area contributed by atoms with Crippen LogP contribution in [0.4, 0.5) is 0 Å². The van der Waals surface area contributed by atoms with Crippen LogP contribution >= 0.6 is 0 Å². The second-order valence-electron chi connectivity index (χ2n) is 9.09. The lowest BCUT2D eigenvalue weighted by Gasteiger charge is -2.31. The largest absolute Gasteiger partial charge is 0.0654 e. The third-order valence-corrected chi connectivity index (χ3v) is 6.11. The Hall–Kier alpha value is -1.56. The summed E-state index contributed by atoms with van der Waals surface area (Å²) < 4.78 is 0. The van der Waals surface area contributed by atoms with Crippen molar-refractivity contribution in [2.45, 2.75) is 104 Å². The number of hydrogen-bond donors (Lipinski definition) is 0. The van der Waals surface area contributed by atoms with E-state index < -0.39 is 0 Å². The third kappa shape index (κ3) is 6.23. The minimum atomic E-state index is 0.161. The van der Waals surface area contributed by atoms with Crippen molar-refractivity contribution in [2.75, 3.05) is 0 Å². The Balaban J connectivity index is 2.47. The SMILES string of the molecule is CCCCc1ccc(C(C)(C)Cc2ccccc2)c(CCCC)c1CCCC. The quantitative estimate of drug-likeness (QED) is 0.349. The van der Waals surface area contributed by atoms with Gasteiger partial charge in [-0.3, -0.25) is 0 Å². The van der Waals surface area contributed by atoms with Gasteiger partial charge in [0.1, 0.15) is 0 Å². The molecule has 0 heteroatoms. The molecule has 0 nitrogen and oxygen atoms in total. The first-order valence-corrected chi connectivity index (χ1v) is 11.7. The first kappa shape index (κ1) is 22.7. The average molecular weight is 379 g/mol. The van der Waals surface area contributed by atoms with E-state index in [2.05, 4.69) is 77.1 Å². The summed E-state index contributed by atoms with van der Waals surface area (Å²) in [4.78, 5) is 0. The van der Waals surface area contributed by atoms with Crippen LogP contribution in [0.3, 0.4) is 0 Å². The summed E-state index contributed by atoms with van der Waals surface area (Å²) in [6.07, 6.45) is 12.6. The van der Waals surface area contributed by atoms with E-state index in [9.17, 15) is 0 Å². The third-order valence-electron chi connectivity index (χ3n) is 6.11. The highest BCUT2D eigenvalue weighted by Crippen LogP contribution is 2.35. The van der Waals surface area contributed by atoms with Gasteiger partial charge in [0.2, 0.25) is 0 Å². The van der Waals surface area contributed by atoms with Crippen molar-refractivity contribution in [2.24, 2.45) is 0 Å². The van der Waals surface area contributed by atoms with Crippen molar-refractivity contribution >= 4 is 0 Å². The van der Waals surface area contributed by atoms with Crippen molar-refractivity contribution in [3.63, 3.8) is 0 Å². The van der Waals surface area contributed by atoms with Crippen molar-refractivity contribution < 1.29 is 0 Å². The van der Waals surface area contributed by atoms with Gasteiger partial charge in [0.25, 0.3) is 0 Å². The summed E-state index contributed by atoms with van der Waals surface area (Å²) in [5.41, 5.74) is 8.21. The van der Waals surface area contributed by atoms with Crippen LogP contribution in [0.1, 0.15) is 101 Å². The van der Waals surface area contributed by atoms with Crippen LogP contribution in [0.2, 0.25) is 0 Å². The molecule has 2 aromatic rings. The molecule has 2 aromatic carbocycles. The zero-order valence-electron chi connectivity index (χ0n) is 19.1. The number of benzene rings is 2. The van der Waals surface area contributed by atoms with Crippen molar-refractivity contribution in [1.29, 1.82) is 0 Å². The molecule has 0 heterocycles. The number of hydrogen-bond acceptors (Lipinski definition) is 0. The molecule has 0 aliphatic carbocycles. The molecule has 28 heavy (non-hydrogen) atoms. The maximum atomic E-state index is 2.48. The van der Waals surface area contributed by atoms with Gasteiger partial charge in [-0.2, -0.15) is 0 Å². The van der Waals surface area contributed by atoms with Crippen LogP contribution in [0.25, 0.3) is 0 Å². The topological polar surface area (TPSA) is 0 Å². The molecule has 0 fully saturated rings. The summed E-state index contributed by atoms with van der Waals surface area (Å²) in [7, 11) is 0. The Labute approximate surface area is 174 Å². The van der Waals surface area contributed by atoms with Crippen LogP contribution in [-0.2, 0) is 31.1 Å². The highest BCUT2D eigenvalue weighted by atomic mass is 14.3. The number of unbranched alkanes of at least 4 members (excludes halogenated alkanes) is 3. The minimum Gasteiger partial charge on any atom is -0.0654 e. The number of rotatable bonds is 12. The van der Waals surface area contributed by atoms with Gasteiger partial charge in [0.15, 0.2) is 0 Å². The van der Waals surface area contributed by atoms with E-state index in [1.807, 2.05) is 0 Å². The van der Waals surface area contributed by atoms with E-state index in [1.54, 1.807) is 22.3 Å². The van der Waals surface area contributed by atoms with Crippen molar-refractivity contribution in [3.05, 3.63) is 70.3 Å². The Morgan fingerprint density at radius 1 is 0.643 bits per heavy atom. The van der Waals surface area contributed by atoms with Crippen LogP contribution < -0.4 is 0 Å². The molecule has 0 aromatic heterocycles. The molecule has 0 aliphatic heterocycles. The predicted octanol–water partition coefficient (Wildman–Crippen LogP) is 8.23. The molecule has 0 saturated heterocycles. The van der Waals surface area contributed by atoms with Gasteiger partial charge in [-0.15, -0.1) is 0 Å². The lowest BCUT2D eigenvalue weighted by atomic mass is 9.73. The zero-order chi connectivity index (χ0) is 20.4. The van der Waals surface area contributed by atoms with Crippen LogP contribution in [-0.4, -0.2) is 0 Å². The normalized spacial score (nSPS) is 11.8.